The molecule has 6 nitrogen and oxygen atoms in total. The van der Waals surface area contributed by atoms with Crippen LogP contribution in [-0.4, -0.2) is 65.3 Å². The Morgan fingerprint density at radius 2 is 2.22 bits per heavy atom. The summed E-state index contributed by atoms with van der Waals surface area (Å²) in [6.45, 7) is 4.68. The highest BCUT2D eigenvalue weighted by molar-refractivity contribution is 5.80. The number of morpholine rings is 1. The molecule has 0 aromatic rings. The summed E-state index contributed by atoms with van der Waals surface area (Å²) in [5, 5.41) is 8.75. The molecule has 1 fully saturated rings. The minimum atomic E-state index is -1.08. The lowest BCUT2D eigenvalue weighted by atomic mass is 10.1. The van der Waals surface area contributed by atoms with Crippen LogP contribution in [0.3, 0.4) is 0 Å². The number of carboxylic acids is 1. The number of hydrogen-bond acceptors (Lipinski definition) is 3. The lowest BCUT2D eigenvalue weighted by Crippen LogP contribution is -2.55. The van der Waals surface area contributed by atoms with Gasteiger partial charge in [-0.05, 0) is 13.8 Å². The van der Waals surface area contributed by atoms with Crippen molar-refractivity contribution in [2.75, 3.05) is 32.8 Å². The van der Waals surface area contributed by atoms with E-state index in [1.165, 1.54) is 0 Å². The van der Waals surface area contributed by atoms with Gasteiger partial charge in [-0.3, -0.25) is 4.79 Å². The molecule has 0 radical (unpaired) electrons. The minimum Gasteiger partial charge on any atom is -0.480 e. The zero-order valence-corrected chi connectivity index (χ0v) is 10.7. The molecule has 0 aliphatic carbocycles. The Balaban J connectivity index is 2.70. The third kappa shape index (κ3) is 3.93. The molecular weight excluding hydrogens is 236 g/mol. The average molecular weight is 254 g/mol. The summed E-state index contributed by atoms with van der Waals surface area (Å²) in [4.78, 5) is 25.6. The van der Waals surface area contributed by atoms with E-state index in [9.17, 15) is 9.59 Å². The monoisotopic (exact) mass is 254 g/mol. The van der Waals surface area contributed by atoms with E-state index in [4.69, 9.17) is 16.3 Å². The van der Waals surface area contributed by atoms with Gasteiger partial charge in [0.15, 0.2) is 0 Å². The number of terminal acetylenes is 1. The van der Waals surface area contributed by atoms with Gasteiger partial charge >= 0.3 is 12.0 Å². The molecule has 0 saturated carbocycles. The number of rotatable bonds is 3. The summed E-state index contributed by atoms with van der Waals surface area (Å²) in [6, 6.07) is -0.355. The number of urea groups is 1. The maximum absolute atomic E-state index is 12.1. The molecule has 6 heteroatoms. The van der Waals surface area contributed by atoms with Crippen LogP contribution >= 0.6 is 0 Å². The highest BCUT2D eigenvalue weighted by Crippen LogP contribution is 2.17. The fraction of sp³-hybridized carbons (Fsp3) is 0.667. The Bertz CT molecular complexity index is 373. The average Bonchev–Trinajstić information content (AvgIpc) is 2.25. The van der Waals surface area contributed by atoms with Crippen LogP contribution in [0, 0.1) is 12.3 Å². The molecular formula is C12H18N2O4. The molecule has 0 unspecified atom stereocenters. The van der Waals surface area contributed by atoms with Crippen molar-refractivity contribution >= 4 is 12.0 Å². The van der Waals surface area contributed by atoms with Gasteiger partial charge in [0.2, 0.25) is 0 Å². The number of amides is 2. The number of nitrogens with zero attached hydrogens (tertiary/aromatic N) is 2. The van der Waals surface area contributed by atoms with E-state index in [0.717, 1.165) is 4.90 Å². The number of ether oxygens (including phenoxy) is 1. The Morgan fingerprint density at radius 1 is 1.56 bits per heavy atom. The molecule has 0 aromatic carbocycles. The van der Waals surface area contributed by atoms with Gasteiger partial charge in [0.1, 0.15) is 6.54 Å². The fourth-order valence-corrected chi connectivity index (χ4v) is 1.84. The first kappa shape index (κ1) is 14.3. The third-order valence-corrected chi connectivity index (χ3v) is 2.57. The molecule has 18 heavy (non-hydrogen) atoms. The lowest BCUT2D eigenvalue weighted by molar-refractivity contribution is -0.137. The van der Waals surface area contributed by atoms with Crippen LogP contribution < -0.4 is 0 Å². The Labute approximate surface area is 106 Å². The molecule has 0 bridgehead atoms. The normalized spacial score (nSPS) is 17.9. The Kier molecular flexibility index (Phi) is 4.56. The number of aliphatic carboxylic acids is 1. The maximum Gasteiger partial charge on any atom is 0.323 e. The van der Waals surface area contributed by atoms with Crippen molar-refractivity contribution in [3.05, 3.63) is 0 Å². The van der Waals surface area contributed by atoms with E-state index in [1.807, 2.05) is 13.8 Å². The third-order valence-electron chi connectivity index (χ3n) is 2.57. The van der Waals surface area contributed by atoms with Gasteiger partial charge in [0.25, 0.3) is 0 Å². The highest BCUT2D eigenvalue weighted by Gasteiger charge is 2.32. The lowest BCUT2D eigenvalue weighted by Gasteiger charge is -2.39. The van der Waals surface area contributed by atoms with Gasteiger partial charge < -0.3 is 19.6 Å². The topological polar surface area (TPSA) is 70.1 Å². The van der Waals surface area contributed by atoms with E-state index >= 15 is 0 Å². The first-order chi connectivity index (χ1) is 8.35. The molecule has 0 aromatic heterocycles. The summed E-state index contributed by atoms with van der Waals surface area (Å²) in [5.41, 5.74) is -0.418. The predicted octanol–water partition coefficient (Wildman–Crippen LogP) is 0.237. The number of carbonyl (C=O) groups is 2. The van der Waals surface area contributed by atoms with Crippen molar-refractivity contribution in [3.8, 4) is 12.3 Å². The minimum absolute atomic E-state index is 0.0110. The van der Waals surface area contributed by atoms with Crippen molar-refractivity contribution in [1.82, 2.24) is 9.80 Å². The SMILES string of the molecule is C#CCN(CC(=O)O)C(=O)N1CCOC(C)(C)C1. The van der Waals surface area contributed by atoms with Crippen LogP contribution in [0.1, 0.15) is 13.8 Å². The van der Waals surface area contributed by atoms with Crippen LogP contribution in [0.5, 0.6) is 0 Å². The Hall–Kier alpha value is -1.74. The first-order valence-corrected chi connectivity index (χ1v) is 5.69. The van der Waals surface area contributed by atoms with Gasteiger partial charge in [-0.25, -0.2) is 4.79 Å². The predicted molar refractivity (Wildman–Crippen MR) is 65.0 cm³/mol. The molecule has 1 saturated heterocycles. The summed E-state index contributed by atoms with van der Waals surface area (Å²) < 4.78 is 5.50. The molecule has 1 N–H and O–H groups in total. The van der Waals surface area contributed by atoms with Crippen LogP contribution in [0.25, 0.3) is 0 Å². The molecule has 1 aliphatic heterocycles. The quantitative estimate of drug-likeness (QED) is 0.732. The molecule has 2 amide bonds. The van der Waals surface area contributed by atoms with Gasteiger partial charge in [-0.2, -0.15) is 0 Å². The molecule has 1 aliphatic rings. The number of carbonyl (C=O) groups excluding carboxylic acids is 1. The number of carboxylic acid groups (broad SMARTS) is 1. The van der Waals surface area contributed by atoms with Crippen molar-refractivity contribution < 1.29 is 19.4 Å². The molecule has 1 heterocycles. The van der Waals surface area contributed by atoms with E-state index in [1.54, 1.807) is 4.90 Å². The van der Waals surface area contributed by atoms with Crippen molar-refractivity contribution in [1.29, 1.82) is 0 Å². The van der Waals surface area contributed by atoms with E-state index < -0.39 is 11.6 Å². The summed E-state index contributed by atoms with van der Waals surface area (Å²) in [5.74, 6) is 1.22. The second-order valence-electron chi connectivity index (χ2n) is 4.77. The van der Waals surface area contributed by atoms with Crippen LogP contribution in [0.4, 0.5) is 4.79 Å². The zero-order valence-electron chi connectivity index (χ0n) is 10.7. The van der Waals surface area contributed by atoms with Gasteiger partial charge in [0, 0.05) is 6.54 Å². The summed E-state index contributed by atoms with van der Waals surface area (Å²) in [6.07, 6.45) is 5.15. The first-order valence-electron chi connectivity index (χ1n) is 5.69. The second kappa shape index (κ2) is 5.74. The van der Waals surface area contributed by atoms with Crippen LogP contribution in [-0.2, 0) is 9.53 Å². The van der Waals surface area contributed by atoms with Crippen molar-refractivity contribution in [3.63, 3.8) is 0 Å². The summed E-state index contributed by atoms with van der Waals surface area (Å²) >= 11 is 0. The van der Waals surface area contributed by atoms with Crippen molar-refractivity contribution in [2.45, 2.75) is 19.4 Å². The molecule has 100 valence electrons. The van der Waals surface area contributed by atoms with Gasteiger partial charge in [-0.1, -0.05) is 5.92 Å². The Morgan fingerprint density at radius 3 is 2.72 bits per heavy atom. The van der Waals surface area contributed by atoms with E-state index in [-0.39, 0.29) is 19.1 Å². The zero-order chi connectivity index (χ0) is 13.8. The second-order valence-corrected chi connectivity index (χ2v) is 4.77. The van der Waals surface area contributed by atoms with Gasteiger partial charge in [0.05, 0.1) is 25.3 Å². The van der Waals surface area contributed by atoms with Gasteiger partial charge in [-0.15, -0.1) is 6.42 Å². The molecule has 1 rings (SSSR count). The van der Waals surface area contributed by atoms with E-state index in [0.29, 0.717) is 19.7 Å². The standard InChI is InChI=1S/C12H18N2O4/c1-4-5-13(8-10(15)16)11(17)14-6-7-18-12(2,3)9-14/h1H,5-9H2,2-3H3,(H,15,16). The van der Waals surface area contributed by atoms with Crippen LogP contribution in [0.15, 0.2) is 0 Å². The maximum atomic E-state index is 12.1. The largest absolute Gasteiger partial charge is 0.480 e. The summed E-state index contributed by atoms with van der Waals surface area (Å²) in [7, 11) is 0. The van der Waals surface area contributed by atoms with E-state index in [2.05, 4.69) is 5.92 Å². The van der Waals surface area contributed by atoms with Crippen LogP contribution in [0.2, 0.25) is 0 Å². The number of hydrogen-bond donors (Lipinski definition) is 1. The smallest absolute Gasteiger partial charge is 0.323 e. The fourth-order valence-electron chi connectivity index (χ4n) is 1.84. The highest BCUT2D eigenvalue weighted by atomic mass is 16.5. The molecule has 0 atom stereocenters. The van der Waals surface area contributed by atoms with Crippen molar-refractivity contribution in [2.24, 2.45) is 0 Å². The molecule has 0 spiro atoms.